The Kier molecular flexibility index (Phi) is 6.80. The normalized spacial score (nSPS) is 20.2. The van der Waals surface area contributed by atoms with Gasteiger partial charge >= 0.3 is 0 Å². The molecule has 2 rings (SSSR count). The molecule has 1 N–H and O–H groups in total. The zero-order chi connectivity index (χ0) is 14.2. The van der Waals surface area contributed by atoms with Crippen molar-refractivity contribution in [2.75, 3.05) is 26.4 Å². The molecule has 20 heavy (non-hydrogen) atoms. The van der Waals surface area contributed by atoms with Gasteiger partial charge in [-0.1, -0.05) is 23.7 Å². The van der Waals surface area contributed by atoms with E-state index in [-0.39, 0.29) is 0 Å². The van der Waals surface area contributed by atoms with Crippen molar-refractivity contribution in [1.82, 2.24) is 5.32 Å². The number of nitrogens with one attached hydrogen (secondary N) is 1. The first-order chi connectivity index (χ1) is 9.75. The van der Waals surface area contributed by atoms with Crippen LogP contribution in [0.3, 0.4) is 0 Å². The molecule has 1 aromatic carbocycles. The number of rotatable bonds is 8. The molecule has 0 amide bonds. The summed E-state index contributed by atoms with van der Waals surface area (Å²) in [6, 6.07) is 8.30. The minimum absolute atomic E-state index is 0.312. The molecule has 112 valence electrons. The minimum Gasteiger partial charge on any atom is -0.379 e. The van der Waals surface area contributed by atoms with E-state index < -0.39 is 0 Å². The molecule has 0 bridgehead atoms. The van der Waals surface area contributed by atoms with Crippen LogP contribution in [0.5, 0.6) is 0 Å². The van der Waals surface area contributed by atoms with E-state index in [1.54, 1.807) is 0 Å². The lowest BCUT2D eigenvalue weighted by Crippen LogP contribution is -2.22. The lowest BCUT2D eigenvalue weighted by Gasteiger charge is -2.15. The van der Waals surface area contributed by atoms with Crippen molar-refractivity contribution in [3.8, 4) is 0 Å². The zero-order valence-electron chi connectivity index (χ0n) is 12.1. The third-order valence-electron chi connectivity index (χ3n) is 3.59. The Morgan fingerprint density at radius 3 is 3.15 bits per heavy atom. The molecule has 4 heteroatoms. The van der Waals surface area contributed by atoms with Crippen LogP contribution < -0.4 is 5.32 Å². The number of ether oxygens (including phenoxy) is 2. The van der Waals surface area contributed by atoms with Gasteiger partial charge < -0.3 is 14.8 Å². The predicted octanol–water partition coefficient (Wildman–Crippen LogP) is 3.58. The molecular weight excluding hydrogens is 274 g/mol. The summed E-state index contributed by atoms with van der Waals surface area (Å²) in [5, 5.41) is 4.27. The molecule has 0 aromatic heterocycles. The van der Waals surface area contributed by atoms with Crippen LogP contribution in [0.15, 0.2) is 24.3 Å². The smallest absolute Gasteiger partial charge is 0.0809 e. The quantitative estimate of drug-likeness (QED) is 0.744. The fraction of sp³-hybridized carbons (Fsp3) is 0.625. The molecule has 1 aliphatic rings. The summed E-state index contributed by atoms with van der Waals surface area (Å²) in [6.07, 6.45) is 3.65. The van der Waals surface area contributed by atoms with E-state index in [2.05, 4.69) is 18.3 Å². The molecule has 1 heterocycles. The van der Waals surface area contributed by atoms with Gasteiger partial charge in [0.25, 0.3) is 0 Å². The van der Waals surface area contributed by atoms with Crippen LogP contribution in [0.1, 0.15) is 37.8 Å². The summed E-state index contributed by atoms with van der Waals surface area (Å²) in [5.74, 6) is 0. The molecule has 1 aliphatic heterocycles. The molecule has 3 nitrogen and oxygen atoms in total. The van der Waals surface area contributed by atoms with E-state index in [1.165, 1.54) is 12.0 Å². The third-order valence-corrected chi connectivity index (χ3v) is 3.83. The SMILES string of the molecule is CC(NCCCOCC1CCCO1)c1cccc(Cl)c1. The van der Waals surface area contributed by atoms with Crippen LogP contribution in [-0.2, 0) is 9.47 Å². The van der Waals surface area contributed by atoms with Gasteiger partial charge in [-0.05, 0) is 50.4 Å². The van der Waals surface area contributed by atoms with Crippen LogP contribution in [0, 0.1) is 0 Å². The highest BCUT2D eigenvalue weighted by molar-refractivity contribution is 6.30. The van der Waals surface area contributed by atoms with Crippen LogP contribution in [-0.4, -0.2) is 32.5 Å². The van der Waals surface area contributed by atoms with Gasteiger partial charge in [-0.3, -0.25) is 0 Å². The summed E-state index contributed by atoms with van der Waals surface area (Å²) in [6.45, 7) is 5.52. The molecule has 1 aromatic rings. The fourth-order valence-corrected chi connectivity index (χ4v) is 2.58. The number of benzene rings is 1. The number of hydrogen-bond acceptors (Lipinski definition) is 3. The highest BCUT2D eigenvalue weighted by Crippen LogP contribution is 2.17. The Morgan fingerprint density at radius 2 is 2.40 bits per heavy atom. The second-order valence-corrected chi connectivity index (χ2v) is 5.73. The molecule has 0 spiro atoms. The third kappa shape index (κ3) is 5.41. The van der Waals surface area contributed by atoms with Crippen LogP contribution in [0.25, 0.3) is 0 Å². The molecule has 0 aliphatic carbocycles. The Labute approximate surface area is 126 Å². The maximum atomic E-state index is 5.99. The molecule has 0 saturated carbocycles. The van der Waals surface area contributed by atoms with Crippen molar-refractivity contribution in [3.05, 3.63) is 34.9 Å². The topological polar surface area (TPSA) is 30.5 Å². The van der Waals surface area contributed by atoms with E-state index in [4.69, 9.17) is 21.1 Å². The summed E-state index contributed by atoms with van der Waals surface area (Å²) in [4.78, 5) is 0. The van der Waals surface area contributed by atoms with E-state index in [0.717, 1.165) is 44.2 Å². The highest BCUT2D eigenvalue weighted by atomic mass is 35.5. The van der Waals surface area contributed by atoms with Gasteiger partial charge in [0.05, 0.1) is 12.7 Å². The van der Waals surface area contributed by atoms with Gasteiger partial charge in [0.1, 0.15) is 0 Å². The summed E-state index contributed by atoms with van der Waals surface area (Å²) in [7, 11) is 0. The van der Waals surface area contributed by atoms with Crippen LogP contribution in [0.2, 0.25) is 5.02 Å². The van der Waals surface area contributed by atoms with Crippen molar-refractivity contribution in [2.24, 2.45) is 0 Å². The van der Waals surface area contributed by atoms with Crippen molar-refractivity contribution >= 4 is 11.6 Å². The van der Waals surface area contributed by atoms with Gasteiger partial charge in [0.2, 0.25) is 0 Å². The molecule has 1 fully saturated rings. The van der Waals surface area contributed by atoms with Crippen LogP contribution >= 0.6 is 11.6 Å². The maximum absolute atomic E-state index is 5.99. The van der Waals surface area contributed by atoms with Gasteiger partial charge in [0.15, 0.2) is 0 Å². The predicted molar refractivity (Wildman–Crippen MR) is 82.3 cm³/mol. The Bertz CT molecular complexity index is 394. The second-order valence-electron chi connectivity index (χ2n) is 5.29. The molecule has 2 unspecified atom stereocenters. The molecule has 2 atom stereocenters. The minimum atomic E-state index is 0.312. The average molecular weight is 298 g/mol. The van der Waals surface area contributed by atoms with Gasteiger partial charge in [-0.25, -0.2) is 0 Å². The standard InChI is InChI=1S/C16H24ClNO2/c1-13(14-5-2-6-15(17)11-14)18-8-4-9-19-12-16-7-3-10-20-16/h2,5-6,11,13,16,18H,3-4,7-10,12H2,1H3. The maximum Gasteiger partial charge on any atom is 0.0809 e. The fourth-order valence-electron chi connectivity index (χ4n) is 2.38. The van der Waals surface area contributed by atoms with Crippen LogP contribution in [0.4, 0.5) is 0 Å². The molecule has 0 radical (unpaired) electrons. The molecular formula is C16H24ClNO2. The number of halogens is 1. The monoisotopic (exact) mass is 297 g/mol. The second kappa shape index (κ2) is 8.63. The zero-order valence-corrected chi connectivity index (χ0v) is 12.9. The lowest BCUT2D eigenvalue weighted by atomic mass is 10.1. The molecule has 1 saturated heterocycles. The summed E-state index contributed by atoms with van der Waals surface area (Å²) >= 11 is 5.99. The summed E-state index contributed by atoms with van der Waals surface area (Å²) < 4.78 is 11.2. The largest absolute Gasteiger partial charge is 0.379 e. The first kappa shape index (κ1) is 15.8. The first-order valence-electron chi connectivity index (χ1n) is 7.44. The van der Waals surface area contributed by atoms with E-state index in [0.29, 0.717) is 12.1 Å². The Morgan fingerprint density at radius 1 is 1.50 bits per heavy atom. The first-order valence-corrected chi connectivity index (χ1v) is 7.81. The Hall–Kier alpha value is -0.610. The van der Waals surface area contributed by atoms with Crippen molar-refractivity contribution in [1.29, 1.82) is 0 Å². The summed E-state index contributed by atoms with van der Waals surface area (Å²) in [5.41, 5.74) is 1.22. The van der Waals surface area contributed by atoms with Gasteiger partial charge in [0, 0.05) is 24.3 Å². The van der Waals surface area contributed by atoms with E-state index in [9.17, 15) is 0 Å². The van der Waals surface area contributed by atoms with Crippen molar-refractivity contribution < 1.29 is 9.47 Å². The lowest BCUT2D eigenvalue weighted by molar-refractivity contribution is 0.0165. The number of hydrogen-bond donors (Lipinski definition) is 1. The van der Waals surface area contributed by atoms with Crippen molar-refractivity contribution in [3.63, 3.8) is 0 Å². The van der Waals surface area contributed by atoms with Gasteiger partial charge in [-0.2, -0.15) is 0 Å². The van der Waals surface area contributed by atoms with Crippen molar-refractivity contribution in [2.45, 2.75) is 38.3 Å². The van der Waals surface area contributed by atoms with E-state index >= 15 is 0 Å². The Balaban J connectivity index is 1.54. The van der Waals surface area contributed by atoms with E-state index in [1.807, 2.05) is 18.2 Å². The average Bonchev–Trinajstić information content (AvgIpc) is 2.95. The van der Waals surface area contributed by atoms with Gasteiger partial charge in [-0.15, -0.1) is 0 Å². The highest BCUT2D eigenvalue weighted by Gasteiger charge is 2.14.